The Morgan fingerprint density at radius 2 is 1.63 bits per heavy atom. The summed E-state index contributed by atoms with van der Waals surface area (Å²) in [4.78, 5) is 22.1. The van der Waals surface area contributed by atoms with Gasteiger partial charge in [0.2, 0.25) is 0 Å². The van der Waals surface area contributed by atoms with E-state index in [9.17, 15) is 14.9 Å². The number of nitro benzene ring substituents is 1. The Hall–Kier alpha value is -1.99. The van der Waals surface area contributed by atoms with Crippen LogP contribution >= 0.6 is 0 Å². The lowest BCUT2D eigenvalue weighted by molar-refractivity contribution is -0.384. The van der Waals surface area contributed by atoms with Gasteiger partial charge in [-0.15, -0.1) is 0 Å². The van der Waals surface area contributed by atoms with Crippen LogP contribution in [0.15, 0.2) is 24.3 Å². The maximum Gasteiger partial charge on any atom is 0.306 e. The number of ether oxygens (including phenoxy) is 3. The maximum absolute atomic E-state index is 11.9. The highest BCUT2D eigenvalue weighted by Crippen LogP contribution is 2.19. The molecule has 27 heavy (non-hydrogen) atoms. The minimum Gasteiger partial charge on any atom is -0.466 e. The molecular weight excluding hydrogens is 350 g/mol. The molecule has 7 nitrogen and oxygen atoms in total. The average Bonchev–Trinajstić information content (AvgIpc) is 2.59. The number of carbonyl (C=O) groups is 1. The number of carbonyl (C=O) groups excluding carboxylic acids is 1. The van der Waals surface area contributed by atoms with Crippen molar-refractivity contribution in [2.45, 2.75) is 64.6 Å². The van der Waals surface area contributed by atoms with Crippen LogP contribution in [0.25, 0.3) is 0 Å². The Balaban J connectivity index is 2.26. The fraction of sp³-hybridized carbons (Fsp3) is 0.650. The van der Waals surface area contributed by atoms with Gasteiger partial charge in [0.15, 0.2) is 0 Å². The van der Waals surface area contributed by atoms with Crippen molar-refractivity contribution in [1.82, 2.24) is 0 Å². The van der Waals surface area contributed by atoms with Crippen molar-refractivity contribution in [3.8, 4) is 0 Å². The average molecular weight is 381 g/mol. The highest BCUT2D eigenvalue weighted by Gasteiger charge is 2.22. The smallest absolute Gasteiger partial charge is 0.306 e. The van der Waals surface area contributed by atoms with E-state index in [1.807, 2.05) is 27.7 Å². The molecule has 0 radical (unpaired) electrons. The van der Waals surface area contributed by atoms with E-state index in [1.165, 1.54) is 12.1 Å². The molecule has 0 unspecified atom stereocenters. The van der Waals surface area contributed by atoms with Crippen LogP contribution in [0.2, 0.25) is 0 Å². The minimum atomic E-state index is -0.446. The SMILES string of the molecule is COC(C)(C)CCOC(C)(C)CCOC(=O)CCc1ccc([N+](=O)[O-])cc1. The Kier molecular flexibility index (Phi) is 8.85. The van der Waals surface area contributed by atoms with Gasteiger partial charge in [0, 0.05) is 32.1 Å². The van der Waals surface area contributed by atoms with Crippen LogP contribution in [-0.2, 0) is 25.4 Å². The molecule has 0 amide bonds. The molecule has 1 aromatic carbocycles. The fourth-order valence-corrected chi connectivity index (χ4v) is 2.26. The van der Waals surface area contributed by atoms with Crippen molar-refractivity contribution in [3.05, 3.63) is 39.9 Å². The van der Waals surface area contributed by atoms with Crippen LogP contribution in [0, 0.1) is 10.1 Å². The second kappa shape index (κ2) is 10.4. The monoisotopic (exact) mass is 381 g/mol. The van der Waals surface area contributed by atoms with Gasteiger partial charge in [0.05, 0.1) is 29.3 Å². The van der Waals surface area contributed by atoms with Crippen LogP contribution in [0.1, 0.15) is 52.5 Å². The summed E-state index contributed by atoms with van der Waals surface area (Å²) in [5.74, 6) is -0.287. The summed E-state index contributed by atoms with van der Waals surface area (Å²) in [6, 6.07) is 6.19. The van der Waals surface area contributed by atoms with Crippen LogP contribution in [-0.4, -0.2) is 42.4 Å². The summed E-state index contributed by atoms with van der Waals surface area (Å²) in [5, 5.41) is 10.6. The lowest BCUT2D eigenvalue weighted by Gasteiger charge is -2.28. The van der Waals surface area contributed by atoms with Crippen molar-refractivity contribution >= 4 is 11.7 Å². The topological polar surface area (TPSA) is 87.9 Å². The van der Waals surface area contributed by atoms with Gasteiger partial charge in [-0.05, 0) is 46.1 Å². The van der Waals surface area contributed by atoms with E-state index < -0.39 is 4.92 Å². The molecule has 0 saturated heterocycles. The van der Waals surface area contributed by atoms with Gasteiger partial charge in [-0.2, -0.15) is 0 Å². The highest BCUT2D eigenvalue weighted by atomic mass is 16.6. The maximum atomic E-state index is 11.9. The van der Waals surface area contributed by atoms with Crippen molar-refractivity contribution in [2.24, 2.45) is 0 Å². The van der Waals surface area contributed by atoms with Gasteiger partial charge in [-0.3, -0.25) is 14.9 Å². The van der Waals surface area contributed by atoms with E-state index >= 15 is 0 Å². The molecule has 1 rings (SSSR count). The summed E-state index contributed by atoms with van der Waals surface area (Å²) in [6.45, 7) is 8.82. The third-order valence-corrected chi connectivity index (χ3v) is 4.48. The quantitative estimate of drug-likeness (QED) is 0.308. The molecule has 0 fully saturated rings. The van der Waals surface area contributed by atoms with E-state index in [4.69, 9.17) is 14.2 Å². The minimum absolute atomic E-state index is 0.0393. The van der Waals surface area contributed by atoms with E-state index in [1.54, 1.807) is 19.2 Å². The number of benzene rings is 1. The van der Waals surface area contributed by atoms with E-state index in [0.717, 1.165) is 12.0 Å². The molecule has 1 aromatic rings. The first-order valence-corrected chi connectivity index (χ1v) is 9.13. The lowest BCUT2D eigenvalue weighted by atomic mass is 10.0. The van der Waals surface area contributed by atoms with Crippen LogP contribution in [0.4, 0.5) is 5.69 Å². The molecule has 0 heterocycles. The van der Waals surface area contributed by atoms with Gasteiger partial charge in [-0.1, -0.05) is 12.1 Å². The summed E-state index contributed by atoms with van der Waals surface area (Å²) in [7, 11) is 1.68. The normalized spacial score (nSPS) is 12.0. The van der Waals surface area contributed by atoms with Gasteiger partial charge in [-0.25, -0.2) is 0 Å². The van der Waals surface area contributed by atoms with Crippen molar-refractivity contribution < 1.29 is 23.9 Å². The van der Waals surface area contributed by atoms with Crippen LogP contribution < -0.4 is 0 Å². The van der Waals surface area contributed by atoms with Gasteiger partial charge < -0.3 is 14.2 Å². The van der Waals surface area contributed by atoms with E-state index in [0.29, 0.717) is 26.1 Å². The van der Waals surface area contributed by atoms with E-state index in [2.05, 4.69) is 0 Å². The van der Waals surface area contributed by atoms with Crippen molar-refractivity contribution in [3.63, 3.8) is 0 Å². The summed E-state index contributed by atoms with van der Waals surface area (Å²) < 4.78 is 16.5. The zero-order valence-corrected chi connectivity index (χ0v) is 16.9. The molecule has 0 saturated carbocycles. The van der Waals surface area contributed by atoms with Crippen molar-refractivity contribution in [2.75, 3.05) is 20.3 Å². The van der Waals surface area contributed by atoms with E-state index in [-0.39, 0.29) is 29.3 Å². The molecule has 0 bridgehead atoms. The second-order valence-electron chi connectivity index (χ2n) is 7.72. The molecule has 0 N–H and O–H groups in total. The molecule has 7 heteroatoms. The lowest BCUT2D eigenvalue weighted by Crippen LogP contribution is -2.31. The number of methoxy groups -OCH3 is 1. The number of nitrogens with zero attached hydrogens (tertiary/aromatic N) is 1. The molecule has 0 spiro atoms. The Morgan fingerprint density at radius 1 is 1.04 bits per heavy atom. The first-order valence-electron chi connectivity index (χ1n) is 9.13. The van der Waals surface area contributed by atoms with Gasteiger partial charge >= 0.3 is 5.97 Å². The zero-order valence-electron chi connectivity index (χ0n) is 16.9. The number of esters is 1. The number of hydrogen-bond donors (Lipinski definition) is 0. The molecule has 0 atom stereocenters. The fourth-order valence-electron chi connectivity index (χ4n) is 2.26. The standard InChI is InChI=1S/C20H31NO6/c1-19(2,25-5)13-15-27-20(3,4)12-14-26-18(22)11-8-16-6-9-17(10-7-16)21(23)24/h6-7,9-10H,8,11-15H2,1-5H3. The first kappa shape index (κ1) is 23.0. The summed E-state index contributed by atoms with van der Waals surface area (Å²) in [6.07, 6.45) is 2.11. The number of non-ortho nitro benzene ring substituents is 1. The Bertz CT molecular complexity index is 609. The number of hydrogen-bond acceptors (Lipinski definition) is 6. The third-order valence-electron chi connectivity index (χ3n) is 4.48. The molecular formula is C20H31NO6. The number of nitro groups is 1. The second-order valence-corrected chi connectivity index (χ2v) is 7.72. The van der Waals surface area contributed by atoms with Crippen molar-refractivity contribution in [1.29, 1.82) is 0 Å². The van der Waals surface area contributed by atoms with Gasteiger partial charge in [0.1, 0.15) is 0 Å². The summed E-state index contributed by atoms with van der Waals surface area (Å²) in [5.41, 5.74) is 0.294. The molecule has 0 aliphatic heterocycles. The Morgan fingerprint density at radius 3 is 2.19 bits per heavy atom. The van der Waals surface area contributed by atoms with Crippen LogP contribution in [0.3, 0.4) is 0 Å². The summed E-state index contributed by atoms with van der Waals surface area (Å²) >= 11 is 0. The van der Waals surface area contributed by atoms with Gasteiger partial charge in [0.25, 0.3) is 5.69 Å². The molecule has 0 aliphatic rings. The van der Waals surface area contributed by atoms with Crippen LogP contribution in [0.5, 0.6) is 0 Å². The predicted molar refractivity (Wildman–Crippen MR) is 103 cm³/mol. The third kappa shape index (κ3) is 9.49. The molecule has 0 aliphatic carbocycles. The first-order chi connectivity index (χ1) is 12.5. The number of rotatable bonds is 12. The number of aryl methyl sites for hydroxylation is 1. The molecule has 0 aromatic heterocycles. The zero-order chi connectivity index (χ0) is 20.5. The predicted octanol–water partition coefficient (Wildman–Crippen LogP) is 4.07. The highest BCUT2D eigenvalue weighted by molar-refractivity contribution is 5.69. The Labute approximate surface area is 161 Å². The molecule has 152 valence electrons. The largest absolute Gasteiger partial charge is 0.466 e.